The third kappa shape index (κ3) is 4.08. The zero-order valence-corrected chi connectivity index (χ0v) is 14.0. The molecule has 1 fully saturated rings. The molecule has 1 saturated carbocycles. The highest BCUT2D eigenvalue weighted by molar-refractivity contribution is 5.38. The van der Waals surface area contributed by atoms with Gasteiger partial charge in [0.25, 0.3) is 0 Å². The lowest BCUT2D eigenvalue weighted by atomic mass is 9.81. The number of hydrogen-bond donors (Lipinski definition) is 1. The lowest BCUT2D eigenvalue weighted by molar-refractivity contribution is -0.0536. The van der Waals surface area contributed by atoms with Crippen molar-refractivity contribution in [1.82, 2.24) is 0 Å². The second-order valence-corrected chi connectivity index (χ2v) is 6.75. The molecule has 0 bridgehead atoms. The van der Waals surface area contributed by atoms with Crippen LogP contribution in [0.4, 0.5) is 0 Å². The van der Waals surface area contributed by atoms with Crippen LogP contribution < -0.4 is 0 Å². The standard InChI is InChI=1S/C19H30O2/c1-13-10-14(2)17(15(3)11-13)12-18(20)19(21-4)16-8-6-5-7-9-16/h10-11,16,18-20H,5-9,12H2,1-4H3. The Balaban J connectivity index is 2.10. The van der Waals surface area contributed by atoms with E-state index < -0.39 is 6.10 Å². The summed E-state index contributed by atoms with van der Waals surface area (Å²) in [4.78, 5) is 0. The summed E-state index contributed by atoms with van der Waals surface area (Å²) in [6.45, 7) is 6.41. The van der Waals surface area contributed by atoms with E-state index in [9.17, 15) is 5.11 Å². The first-order chi connectivity index (χ1) is 10.0. The Labute approximate surface area is 129 Å². The summed E-state index contributed by atoms with van der Waals surface area (Å²) in [6, 6.07) is 4.41. The fraction of sp³-hybridized carbons (Fsp3) is 0.684. The van der Waals surface area contributed by atoms with Crippen molar-refractivity contribution in [1.29, 1.82) is 0 Å². The number of ether oxygens (including phenoxy) is 1. The predicted octanol–water partition coefficient (Wildman–Crippen LogP) is 4.11. The molecule has 2 rings (SSSR count). The van der Waals surface area contributed by atoms with Gasteiger partial charge < -0.3 is 9.84 Å². The van der Waals surface area contributed by atoms with Gasteiger partial charge in [-0.3, -0.25) is 0 Å². The van der Waals surface area contributed by atoms with Crippen molar-refractivity contribution >= 4 is 0 Å². The average molecular weight is 290 g/mol. The Hall–Kier alpha value is -0.860. The van der Waals surface area contributed by atoms with E-state index in [1.807, 2.05) is 0 Å². The smallest absolute Gasteiger partial charge is 0.0861 e. The molecule has 0 spiro atoms. The van der Waals surface area contributed by atoms with E-state index in [1.54, 1.807) is 7.11 Å². The molecule has 118 valence electrons. The number of aliphatic hydroxyl groups excluding tert-OH is 1. The van der Waals surface area contributed by atoms with Gasteiger partial charge in [-0.15, -0.1) is 0 Å². The van der Waals surface area contributed by atoms with Crippen molar-refractivity contribution in [2.24, 2.45) is 5.92 Å². The van der Waals surface area contributed by atoms with Gasteiger partial charge in [0.15, 0.2) is 0 Å². The molecule has 0 aliphatic heterocycles. The molecule has 0 aromatic heterocycles. The Morgan fingerprint density at radius 1 is 1.10 bits per heavy atom. The Morgan fingerprint density at radius 3 is 2.19 bits per heavy atom. The van der Waals surface area contributed by atoms with E-state index in [0.29, 0.717) is 12.3 Å². The van der Waals surface area contributed by atoms with Gasteiger partial charge in [0.2, 0.25) is 0 Å². The molecule has 1 N–H and O–H groups in total. The molecule has 2 atom stereocenters. The number of benzene rings is 1. The van der Waals surface area contributed by atoms with Gasteiger partial charge in [-0.05, 0) is 56.2 Å². The summed E-state index contributed by atoms with van der Waals surface area (Å²) in [6.07, 6.45) is 6.55. The predicted molar refractivity (Wildman–Crippen MR) is 87.7 cm³/mol. The third-order valence-corrected chi connectivity index (χ3v) is 5.02. The SMILES string of the molecule is COC(C(O)Cc1c(C)cc(C)cc1C)C1CCCCC1. The van der Waals surface area contributed by atoms with E-state index >= 15 is 0 Å². The molecule has 21 heavy (non-hydrogen) atoms. The molecular weight excluding hydrogens is 260 g/mol. The molecule has 1 aromatic rings. The maximum atomic E-state index is 10.7. The molecule has 1 aliphatic carbocycles. The minimum Gasteiger partial charge on any atom is -0.390 e. The maximum absolute atomic E-state index is 10.7. The molecule has 0 heterocycles. The number of methoxy groups -OCH3 is 1. The quantitative estimate of drug-likeness (QED) is 0.884. The van der Waals surface area contributed by atoms with Crippen LogP contribution in [0.2, 0.25) is 0 Å². The van der Waals surface area contributed by atoms with Crippen LogP contribution in [0, 0.1) is 26.7 Å². The largest absolute Gasteiger partial charge is 0.390 e. The lowest BCUT2D eigenvalue weighted by Gasteiger charge is -2.33. The Bertz CT molecular complexity index is 438. The highest BCUT2D eigenvalue weighted by Crippen LogP contribution is 2.30. The van der Waals surface area contributed by atoms with Gasteiger partial charge in [0.05, 0.1) is 12.2 Å². The average Bonchev–Trinajstić information content (AvgIpc) is 2.45. The molecule has 0 saturated heterocycles. The molecule has 2 unspecified atom stereocenters. The van der Waals surface area contributed by atoms with Gasteiger partial charge in [-0.1, -0.05) is 37.0 Å². The first-order valence-corrected chi connectivity index (χ1v) is 8.30. The van der Waals surface area contributed by atoms with Gasteiger partial charge in [-0.2, -0.15) is 0 Å². The second kappa shape index (κ2) is 7.42. The first kappa shape index (κ1) is 16.5. The third-order valence-electron chi connectivity index (χ3n) is 5.02. The summed E-state index contributed by atoms with van der Waals surface area (Å²) < 4.78 is 5.68. The monoisotopic (exact) mass is 290 g/mol. The van der Waals surface area contributed by atoms with Crippen LogP contribution in [-0.4, -0.2) is 24.4 Å². The fourth-order valence-corrected chi connectivity index (χ4v) is 3.98. The van der Waals surface area contributed by atoms with Crippen molar-refractivity contribution < 1.29 is 9.84 Å². The zero-order valence-electron chi connectivity index (χ0n) is 14.0. The van der Waals surface area contributed by atoms with Crippen LogP contribution in [-0.2, 0) is 11.2 Å². The van der Waals surface area contributed by atoms with Crippen LogP contribution in [0.1, 0.15) is 54.4 Å². The summed E-state index contributed by atoms with van der Waals surface area (Å²) in [5.41, 5.74) is 5.14. The molecule has 2 nitrogen and oxygen atoms in total. The summed E-state index contributed by atoms with van der Waals surface area (Å²) in [5.74, 6) is 0.518. The summed E-state index contributed by atoms with van der Waals surface area (Å²) >= 11 is 0. The molecule has 1 aromatic carbocycles. The van der Waals surface area contributed by atoms with Gasteiger partial charge in [-0.25, -0.2) is 0 Å². The number of rotatable bonds is 5. The first-order valence-electron chi connectivity index (χ1n) is 8.30. The number of aliphatic hydroxyl groups is 1. The highest BCUT2D eigenvalue weighted by atomic mass is 16.5. The summed E-state index contributed by atoms with van der Waals surface area (Å²) in [5, 5.41) is 10.7. The van der Waals surface area contributed by atoms with Crippen LogP contribution in [0.15, 0.2) is 12.1 Å². The van der Waals surface area contributed by atoms with Crippen molar-refractivity contribution in [2.75, 3.05) is 7.11 Å². The van der Waals surface area contributed by atoms with Gasteiger partial charge >= 0.3 is 0 Å². The Kier molecular flexibility index (Phi) is 5.83. The molecular formula is C19H30O2. The molecule has 1 aliphatic rings. The maximum Gasteiger partial charge on any atom is 0.0861 e. The van der Waals surface area contributed by atoms with Crippen molar-refractivity contribution in [3.63, 3.8) is 0 Å². The highest BCUT2D eigenvalue weighted by Gasteiger charge is 2.30. The van der Waals surface area contributed by atoms with Crippen LogP contribution >= 0.6 is 0 Å². The van der Waals surface area contributed by atoms with Crippen molar-refractivity contribution in [2.45, 2.75) is 71.5 Å². The number of aryl methyl sites for hydroxylation is 3. The van der Waals surface area contributed by atoms with E-state index in [-0.39, 0.29) is 6.10 Å². The van der Waals surface area contributed by atoms with Crippen molar-refractivity contribution in [3.05, 3.63) is 34.4 Å². The van der Waals surface area contributed by atoms with E-state index in [4.69, 9.17) is 4.74 Å². The molecule has 2 heteroatoms. The second-order valence-electron chi connectivity index (χ2n) is 6.75. The van der Waals surface area contributed by atoms with Crippen LogP contribution in [0.25, 0.3) is 0 Å². The summed E-state index contributed by atoms with van der Waals surface area (Å²) in [7, 11) is 1.75. The lowest BCUT2D eigenvalue weighted by Crippen LogP contribution is -2.38. The molecule has 0 amide bonds. The van der Waals surface area contributed by atoms with E-state index in [2.05, 4.69) is 32.9 Å². The van der Waals surface area contributed by atoms with Crippen LogP contribution in [0.3, 0.4) is 0 Å². The van der Waals surface area contributed by atoms with E-state index in [1.165, 1.54) is 54.4 Å². The van der Waals surface area contributed by atoms with Gasteiger partial charge in [0.1, 0.15) is 0 Å². The van der Waals surface area contributed by atoms with Crippen LogP contribution in [0.5, 0.6) is 0 Å². The van der Waals surface area contributed by atoms with E-state index in [0.717, 1.165) is 0 Å². The van der Waals surface area contributed by atoms with Gasteiger partial charge in [0, 0.05) is 13.5 Å². The topological polar surface area (TPSA) is 29.5 Å². The zero-order chi connectivity index (χ0) is 15.4. The minimum absolute atomic E-state index is 0.0228. The minimum atomic E-state index is -0.404. The number of hydrogen-bond acceptors (Lipinski definition) is 2. The molecule has 0 radical (unpaired) electrons. The van der Waals surface area contributed by atoms with Crippen molar-refractivity contribution in [3.8, 4) is 0 Å². The Morgan fingerprint density at radius 2 is 1.67 bits per heavy atom. The fourth-order valence-electron chi connectivity index (χ4n) is 3.98. The normalized spacial score (nSPS) is 19.5.